The molecule has 29 heavy (non-hydrogen) atoms. The SMILES string of the molecule is Cc1nnc(Sc2nc3cc(Cl)c(Cl)cc3nc2C=Cc2ccc(F)cc2)n1C. The van der Waals surface area contributed by atoms with Gasteiger partial charge in [-0.15, -0.1) is 10.2 Å². The minimum absolute atomic E-state index is 0.284. The van der Waals surface area contributed by atoms with Crippen LogP contribution in [0.2, 0.25) is 10.0 Å². The highest BCUT2D eigenvalue weighted by Crippen LogP contribution is 2.32. The predicted molar refractivity (Wildman–Crippen MR) is 115 cm³/mol. The summed E-state index contributed by atoms with van der Waals surface area (Å²) in [5.74, 6) is 0.507. The maximum atomic E-state index is 13.2. The summed E-state index contributed by atoms with van der Waals surface area (Å²) in [4.78, 5) is 9.41. The zero-order valence-electron chi connectivity index (χ0n) is 15.4. The number of halogens is 3. The summed E-state index contributed by atoms with van der Waals surface area (Å²) in [6.45, 7) is 1.88. The van der Waals surface area contributed by atoms with Crippen LogP contribution in [-0.4, -0.2) is 24.7 Å². The molecule has 0 amide bonds. The molecule has 4 rings (SSSR count). The number of fused-ring (bicyclic) bond motifs is 1. The fraction of sp³-hybridized carbons (Fsp3) is 0.100. The fourth-order valence-corrected chi connectivity index (χ4v) is 3.75. The lowest BCUT2D eigenvalue weighted by molar-refractivity contribution is 0.628. The number of benzene rings is 2. The topological polar surface area (TPSA) is 56.5 Å². The van der Waals surface area contributed by atoms with Gasteiger partial charge in [-0.2, -0.15) is 0 Å². The predicted octanol–water partition coefficient (Wildman–Crippen LogP) is 5.83. The fourth-order valence-electron chi connectivity index (χ4n) is 2.54. The lowest BCUT2D eigenvalue weighted by atomic mass is 10.2. The van der Waals surface area contributed by atoms with E-state index in [1.165, 1.54) is 23.9 Å². The van der Waals surface area contributed by atoms with Gasteiger partial charge in [0, 0.05) is 7.05 Å². The zero-order chi connectivity index (χ0) is 20.5. The Hall–Kier alpha value is -2.48. The van der Waals surface area contributed by atoms with Crippen LogP contribution >= 0.6 is 35.0 Å². The van der Waals surface area contributed by atoms with E-state index in [1.54, 1.807) is 24.3 Å². The molecule has 0 radical (unpaired) electrons. The molecular formula is C20H14Cl2FN5S. The molecule has 0 aliphatic rings. The van der Waals surface area contributed by atoms with Crippen molar-refractivity contribution in [3.05, 3.63) is 69.3 Å². The van der Waals surface area contributed by atoms with E-state index < -0.39 is 0 Å². The summed E-state index contributed by atoms with van der Waals surface area (Å²) >= 11 is 13.6. The van der Waals surface area contributed by atoms with Gasteiger partial charge in [0.15, 0.2) is 5.16 Å². The first-order valence-corrected chi connectivity index (χ1v) is 10.1. The molecule has 0 unspecified atom stereocenters. The summed E-state index contributed by atoms with van der Waals surface area (Å²) in [5.41, 5.74) is 2.72. The van der Waals surface area contributed by atoms with E-state index in [2.05, 4.69) is 10.2 Å². The van der Waals surface area contributed by atoms with Crippen molar-refractivity contribution in [3.63, 3.8) is 0 Å². The van der Waals surface area contributed by atoms with Gasteiger partial charge in [0.05, 0.1) is 26.8 Å². The van der Waals surface area contributed by atoms with Gasteiger partial charge in [-0.05, 0) is 54.6 Å². The van der Waals surface area contributed by atoms with Crippen molar-refractivity contribution in [2.24, 2.45) is 7.05 Å². The standard InChI is InChI=1S/C20H14Cl2FN5S/c1-11-26-27-20(28(11)2)29-19-16(8-5-12-3-6-13(23)7-4-12)24-17-9-14(21)15(22)10-18(17)25-19/h3-10H,1-2H3. The minimum Gasteiger partial charge on any atom is -0.309 e. The Labute approximate surface area is 180 Å². The van der Waals surface area contributed by atoms with Crippen LogP contribution in [0.15, 0.2) is 46.6 Å². The molecule has 146 valence electrons. The second-order valence-electron chi connectivity index (χ2n) is 6.24. The minimum atomic E-state index is -0.284. The number of aromatic nitrogens is 5. The Balaban J connectivity index is 1.81. The number of hydrogen-bond donors (Lipinski definition) is 0. The molecule has 0 aliphatic heterocycles. The highest BCUT2D eigenvalue weighted by atomic mass is 35.5. The van der Waals surface area contributed by atoms with Gasteiger partial charge in [-0.1, -0.05) is 41.4 Å². The Morgan fingerprint density at radius 3 is 2.24 bits per heavy atom. The Morgan fingerprint density at radius 1 is 0.966 bits per heavy atom. The number of nitrogens with zero attached hydrogens (tertiary/aromatic N) is 5. The molecule has 2 aromatic carbocycles. The van der Waals surface area contributed by atoms with Crippen LogP contribution in [0, 0.1) is 12.7 Å². The largest absolute Gasteiger partial charge is 0.309 e. The van der Waals surface area contributed by atoms with Gasteiger partial charge in [0.1, 0.15) is 16.7 Å². The first-order valence-electron chi connectivity index (χ1n) is 8.55. The van der Waals surface area contributed by atoms with Gasteiger partial charge in [-0.3, -0.25) is 0 Å². The van der Waals surface area contributed by atoms with Crippen LogP contribution in [0.5, 0.6) is 0 Å². The molecule has 2 aromatic heterocycles. The molecule has 0 aliphatic carbocycles. The first kappa shape index (κ1) is 19.8. The van der Waals surface area contributed by atoms with Crippen molar-refractivity contribution in [2.75, 3.05) is 0 Å². The third-order valence-corrected chi connectivity index (χ3v) is 6.00. The van der Waals surface area contributed by atoms with E-state index >= 15 is 0 Å². The molecule has 0 saturated heterocycles. The van der Waals surface area contributed by atoms with Gasteiger partial charge in [0.25, 0.3) is 0 Å². The average Bonchev–Trinajstić information content (AvgIpc) is 3.01. The average molecular weight is 446 g/mol. The second kappa shape index (κ2) is 8.10. The maximum Gasteiger partial charge on any atom is 0.197 e. The molecule has 0 bridgehead atoms. The second-order valence-corrected chi connectivity index (χ2v) is 8.02. The van der Waals surface area contributed by atoms with Crippen LogP contribution < -0.4 is 0 Å². The molecule has 0 atom stereocenters. The number of rotatable bonds is 4. The quantitative estimate of drug-likeness (QED) is 0.395. The van der Waals surface area contributed by atoms with Crippen molar-refractivity contribution in [3.8, 4) is 0 Å². The van der Waals surface area contributed by atoms with Crippen LogP contribution in [0.3, 0.4) is 0 Å². The van der Waals surface area contributed by atoms with E-state index in [1.807, 2.05) is 30.7 Å². The lowest BCUT2D eigenvalue weighted by Gasteiger charge is -2.08. The Bertz CT molecular complexity index is 1240. The number of aryl methyl sites for hydroxylation is 1. The lowest BCUT2D eigenvalue weighted by Crippen LogP contribution is -1.97. The normalized spacial score (nSPS) is 11.6. The summed E-state index contributed by atoms with van der Waals surface area (Å²) in [6.07, 6.45) is 3.67. The summed E-state index contributed by atoms with van der Waals surface area (Å²) in [6, 6.07) is 9.57. The zero-order valence-corrected chi connectivity index (χ0v) is 17.7. The third kappa shape index (κ3) is 4.27. The van der Waals surface area contributed by atoms with E-state index in [9.17, 15) is 4.39 Å². The number of hydrogen-bond acceptors (Lipinski definition) is 5. The smallest absolute Gasteiger partial charge is 0.197 e. The monoisotopic (exact) mass is 445 g/mol. The molecule has 0 N–H and O–H groups in total. The van der Waals surface area contributed by atoms with Crippen LogP contribution in [0.1, 0.15) is 17.1 Å². The van der Waals surface area contributed by atoms with Crippen molar-refractivity contribution >= 4 is 58.1 Å². The van der Waals surface area contributed by atoms with E-state index in [0.717, 1.165) is 11.4 Å². The van der Waals surface area contributed by atoms with Gasteiger partial charge in [0.2, 0.25) is 0 Å². The van der Waals surface area contributed by atoms with Crippen LogP contribution in [-0.2, 0) is 7.05 Å². The molecule has 0 fully saturated rings. The van der Waals surface area contributed by atoms with Crippen molar-refractivity contribution in [1.82, 2.24) is 24.7 Å². The van der Waals surface area contributed by atoms with E-state index in [4.69, 9.17) is 33.2 Å². The van der Waals surface area contributed by atoms with E-state index in [-0.39, 0.29) is 5.82 Å². The van der Waals surface area contributed by atoms with Crippen molar-refractivity contribution in [2.45, 2.75) is 17.1 Å². The van der Waals surface area contributed by atoms with Gasteiger partial charge < -0.3 is 4.57 Å². The third-order valence-electron chi connectivity index (χ3n) is 4.24. The molecule has 0 spiro atoms. The maximum absolute atomic E-state index is 13.2. The molecular weight excluding hydrogens is 432 g/mol. The Morgan fingerprint density at radius 2 is 1.62 bits per heavy atom. The molecule has 5 nitrogen and oxygen atoms in total. The highest BCUT2D eigenvalue weighted by Gasteiger charge is 2.14. The summed E-state index contributed by atoms with van der Waals surface area (Å²) < 4.78 is 15.0. The van der Waals surface area contributed by atoms with Crippen molar-refractivity contribution in [1.29, 1.82) is 0 Å². The van der Waals surface area contributed by atoms with Crippen molar-refractivity contribution < 1.29 is 4.39 Å². The molecule has 2 heterocycles. The molecule has 9 heteroatoms. The molecule has 4 aromatic rings. The first-order chi connectivity index (χ1) is 13.9. The van der Waals surface area contributed by atoms with Gasteiger partial charge in [-0.25, -0.2) is 14.4 Å². The van der Waals surface area contributed by atoms with Crippen LogP contribution in [0.25, 0.3) is 23.2 Å². The summed E-state index contributed by atoms with van der Waals surface area (Å²) in [7, 11) is 1.89. The Kier molecular flexibility index (Phi) is 5.54. The van der Waals surface area contributed by atoms with E-state index in [0.29, 0.717) is 37.0 Å². The molecule has 0 saturated carbocycles. The van der Waals surface area contributed by atoms with Crippen LogP contribution in [0.4, 0.5) is 4.39 Å². The highest BCUT2D eigenvalue weighted by molar-refractivity contribution is 7.99. The van der Waals surface area contributed by atoms with Gasteiger partial charge >= 0.3 is 0 Å². The summed E-state index contributed by atoms with van der Waals surface area (Å²) in [5, 5.41) is 10.4.